The SMILES string of the molecule is N#CCCc1c(F)ccc(F)c1F. The molecule has 1 aromatic carbocycles. The molecular formula is C9H6F3N. The fourth-order valence-electron chi connectivity index (χ4n) is 0.979. The van der Waals surface area contributed by atoms with E-state index in [2.05, 4.69) is 0 Å². The largest absolute Gasteiger partial charge is 0.207 e. The molecule has 0 aliphatic rings. The van der Waals surface area contributed by atoms with Gasteiger partial charge in [0.15, 0.2) is 11.6 Å². The van der Waals surface area contributed by atoms with Gasteiger partial charge in [-0.3, -0.25) is 0 Å². The summed E-state index contributed by atoms with van der Waals surface area (Å²) in [6.07, 6.45) is -0.136. The third-order valence-electron chi connectivity index (χ3n) is 1.63. The molecule has 0 heterocycles. The first-order chi connectivity index (χ1) is 6.16. The minimum atomic E-state index is -1.20. The molecule has 0 aliphatic carbocycles. The second-order valence-electron chi connectivity index (χ2n) is 2.48. The van der Waals surface area contributed by atoms with Gasteiger partial charge in [-0.05, 0) is 18.6 Å². The van der Waals surface area contributed by atoms with E-state index in [9.17, 15) is 13.2 Å². The molecule has 1 nitrogen and oxygen atoms in total. The maximum Gasteiger partial charge on any atom is 0.164 e. The third kappa shape index (κ3) is 2.00. The van der Waals surface area contributed by atoms with E-state index in [0.29, 0.717) is 0 Å². The quantitative estimate of drug-likeness (QED) is 0.649. The number of halogens is 3. The van der Waals surface area contributed by atoms with Crippen molar-refractivity contribution >= 4 is 0 Å². The molecule has 0 atom stereocenters. The molecule has 1 rings (SSSR count). The van der Waals surface area contributed by atoms with Crippen LogP contribution in [0.15, 0.2) is 12.1 Å². The zero-order valence-electron chi connectivity index (χ0n) is 6.65. The van der Waals surface area contributed by atoms with E-state index >= 15 is 0 Å². The van der Waals surface area contributed by atoms with Crippen LogP contribution >= 0.6 is 0 Å². The van der Waals surface area contributed by atoms with Crippen LogP contribution in [0.1, 0.15) is 12.0 Å². The van der Waals surface area contributed by atoms with Crippen LogP contribution in [0.3, 0.4) is 0 Å². The minimum Gasteiger partial charge on any atom is -0.207 e. The molecule has 0 N–H and O–H groups in total. The highest BCUT2D eigenvalue weighted by molar-refractivity contribution is 5.21. The van der Waals surface area contributed by atoms with Crippen molar-refractivity contribution in [3.05, 3.63) is 35.1 Å². The summed E-state index contributed by atoms with van der Waals surface area (Å²) in [6, 6.07) is 3.31. The molecule has 68 valence electrons. The Labute approximate surface area is 73.4 Å². The number of benzene rings is 1. The Morgan fingerprint density at radius 1 is 1.15 bits per heavy atom. The van der Waals surface area contributed by atoms with Crippen molar-refractivity contribution in [3.63, 3.8) is 0 Å². The van der Waals surface area contributed by atoms with Gasteiger partial charge in [0, 0.05) is 12.0 Å². The highest BCUT2D eigenvalue weighted by Crippen LogP contribution is 2.16. The number of hydrogen-bond acceptors (Lipinski definition) is 1. The van der Waals surface area contributed by atoms with E-state index in [-0.39, 0.29) is 18.4 Å². The molecule has 0 radical (unpaired) electrons. The van der Waals surface area contributed by atoms with Gasteiger partial charge in [-0.15, -0.1) is 0 Å². The van der Waals surface area contributed by atoms with Crippen LogP contribution in [0.25, 0.3) is 0 Å². The molecular weight excluding hydrogens is 179 g/mol. The molecule has 0 saturated carbocycles. The topological polar surface area (TPSA) is 23.8 Å². The minimum absolute atomic E-state index is 0.0305. The van der Waals surface area contributed by atoms with Crippen LogP contribution < -0.4 is 0 Å². The fraction of sp³-hybridized carbons (Fsp3) is 0.222. The smallest absolute Gasteiger partial charge is 0.164 e. The van der Waals surface area contributed by atoms with Crippen LogP contribution in [-0.2, 0) is 6.42 Å². The normalized spacial score (nSPS) is 9.69. The molecule has 4 heteroatoms. The van der Waals surface area contributed by atoms with E-state index in [1.54, 1.807) is 6.07 Å². The van der Waals surface area contributed by atoms with Crippen molar-refractivity contribution in [2.24, 2.45) is 0 Å². The monoisotopic (exact) mass is 185 g/mol. The predicted molar refractivity (Wildman–Crippen MR) is 40.3 cm³/mol. The van der Waals surface area contributed by atoms with Crippen molar-refractivity contribution in [1.82, 2.24) is 0 Å². The summed E-state index contributed by atoms with van der Waals surface area (Å²) in [5.41, 5.74) is -0.360. The lowest BCUT2D eigenvalue weighted by Crippen LogP contribution is -1.98. The third-order valence-corrected chi connectivity index (χ3v) is 1.63. The fourth-order valence-corrected chi connectivity index (χ4v) is 0.979. The number of rotatable bonds is 2. The number of nitrogens with zero attached hydrogens (tertiary/aromatic N) is 1. The lowest BCUT2D eigenvalue weighted by atomic mass is 10.1. The summed E-state index contributed by atoms with van der Waals surface area (Å²) in [5, 5.41) is 8.19. The van der Waals surface area contributed by atoms with Gasteiger partial charge < -0.3 is 0 Å². The summed E-state index contributed by atoms with van der Waals surface area (Å²) < 4.78 is 38.3. The maximum atomic E-state index is 12.9. The van der Waals surface area contributed by atoms with Crippen LogP contribution in [0, 0.1) is 28.8 Å². The molecule has 0 fully saturated rings. The first kappa shape index (κ1) is 9.59. The molecule has 0 spiro atoms. The Morgan fingerprint density at radius 2 is 1.77 bits per heavy atom. The lowest BCUT2D eigenvalue weighted by Gasteiger charge is -2.02. The Morgan fingerprint density at radius 3 is 2.38 bits per heavy atom. The average Bonchev–Trinajstić information content (AvgIpc) is 2.12. The Hall–Kier alpha value is -1.50. The lowest BCUT2D eigenvalue weighted by molar-refractivity contribution is 0.479. The average molecular weight is 185 g/mol. The summed E-state index contributed by atoms with van der Waals surface area (Å²) >= 11 is 0. The second-order valence-corrected chi connectivity index (χ2v) is 2.48. The molecule has 1 aromatic rings. The Bertz CT molecular complexity index is 355. The van der Waals surface area contributed by atoms with E-state index in [1.807, 2.05) is 0 Å². The van der Waals surface area contributed by atoms with Crippen LogP contribution in [0.4, 0.5) is 13.2 Å². The number of nitriles is 1. The molecule has 0 amide bonds. The van der Waals surface area contributed by atoms with Crippen molar-refractivity contribution < 1.29 is 13.2 Å². The van der Waals surface area contributed by atoms with E-state index in [1.165, 1.54) is 0 Å². The summed E-state index contributed by atoms with van der Waals surface area (Å²) in [5.74, 6) is -3.10. The van der Waals surface area contributed by atoms with Crippen molar-refractivity contribution in [2.45, 2.75) is 12.8 Å². The zero-order valence-corrected chi connectivity index (χ0v) is 6.65. The summed E-state index contributed by atoms with van der Waals surface area (Å²) in [4.78, 5) is 0. The van der Waals surface area contributed by atoms with Gasteiger partial charge in [0.25, 0.3) is 0 Å². The van der Waals surface area contributed by atoms with E-state index in [0.717, 1.165) is 12.1 Å². The molecule has 13 heavy (non-hydrogen) atoms. The van der Waals surface area contributed by atoms with Gasteiger partial charge >= 0.3 is 0 Å². The van der Waals surface area contributed by atoms with Gasteiger partial charge in [0.1, 0.15) is 5.82 Å². The Kier molecular flexibility index (Phi) is 2.91. The van der Waals surface area contributed by atoms with Crippen molar-refractivity contribution in [1.29, 1.82) is 5.26 Å². The van der Waals surface area contributed by atoms with Gasteiger partial charge in [0.2, 0.25) is 0 Å². The van der Waals surface area contributed by atoms with Crippen molar-refractivity contribution in [2.75, 3.05) is 0 Å². The first-order valence-electron chi connectivity index (χ1n) is 3.66. The molecule has 0 aromatic heterocycles. The Balaban J connectivity index is 3.04. The maximum absolute atomic E-state index is 12.9. The second kappa shape index (κ2) is 3.94. The molecule has 0 bridgehead atoms. The van der Waals surface area contributed by atoms with Gasteiger partial charge in [-0.25, -0.2) is 13.2 Å². The summed E-state index contributed by atoms with van der Waals surface area (Å²) in [6.45, 7) is 0. The van der Waals surface area contributed by atoms with Gasteiger partial charge in [-0.1, -0.05) is 0 Å². The van der Waals surface area contributed by atoms with Gasteiger partial charge in [-0.2, -0.15) is 5.26 Å². The zero-order chi connectivity index (χ0) is 9.84. The predicted octanol–water partition coefficient (Wildman–Crippen LogP) is 2.56. The van der Waals surface area contributed by atoms with Crippen LogP contribution in [0.5, 0.6) is 0 Å². The van der Waals surface area contributed by atoms with E-state index in [4.69, 9.17) is 5.26 Å². The van der Waals surface area contributed by atoms with Crippen LogP contribution in [0.2, 0.25) is 0 Å². The highest BCUT2D eigenvalue weighted by atomic mass is 19.2. The molecule has 0 unspecified atom stereocenters. The highest BCUT2D eigenvalue weighted by Gasteiger charge is 2.12. The molecule has 0 aliphatic heterocycles. The standard InChI is InChI=1S/C9H6F3N/c10-7-3-4-8(11)9(12)6(7)2-1-5-13/h3-4H,1-2H2. The van der Waals surface area contributed by atoms with Gasteiger partial charge in [0.05, 0.1) is 6.07 Å². The molecule has 0 saturated heterocycles. The first-order valence-corrected chi connectivity index (χ1v) is 3.66. The summed E-state index contributed by atoms with van der Waals surface area (Å²) in [7, 11) is 0. The van der Waals surface area contributed by atoms with E-state index < -0.39 is 17.5 Å². The van der Waals surface area contributed by atoms with Crippen molar-refractivity contribution in [3.8, 4) is 6.07 Å². The van der Waals surface area contributed by atoms with Crippen LogP contribution in [-0.4, -0.2) is 0 Å². The number of hydrogen-bond donors (Lipinski definition) is 0.